The molecule has 9 heteroatoms. The van der Waals surface area contributed by atoms with Crippen LogP contribution in [0.2, 0.25) is 44.3 Å². The molecule has 3 saturated heterocycles. The lowest BCUT2D eigenvalue weighted by atomic mass is 9.88. The second-order valence-electron chi connectivity index (χ2n) is 14.7. The first kappa shape index (κ1) is 27.6. The number of hydrogen-bond acceptors (Lipinski definition) is 6. The summed E-state index contributed by atoms with van der Waals surface area (Å²) in [4.78, 5) is 12.2. The summed E-state index contributed by atoms with van der Waals surface area (Å²) in [6, 6.07) is 2.95. The topological polar surface area (TPSA) is 76.3 Å². The molecule has 6 rings (SSSR count). The van der Waals surface area contributed by atoms with Gasteiger partial charge in [0.05, 0.1) is 36.6 Å². The van der Waals surface area contributed by atoms with Crippen LogP contribution in [-0.4, -0.2) is 66.9 Å². The standard InChI is InChI=1S/C28H52O6Si3/c1-35(2,14-11-20-5-8-23-26(17-20)30-23)33-37(29,16-13-22-7-10-25-28(19-22)32-25)34-36(3,4)15-12-21-6-9-24-27(18-21)31-24/h20-29H,5-19H2,1-4H3. The van der Waals surface area contributed by atoms with E-state index in [2.05, 4.69) is 26.2 Å². The van der Waals surface area contributed by atoms with Gasteiger partial charge in [-0.15, -0.1) is 0 Å². The summed E-state index contributed by atoms with van der Waals surface area (Å²) in [6.07, 6.45) is 17.8. The first-order valence-corrected chi connectivity index (χ1v) is 23.8. The number of epoxide rings is 3. The Labute approximate surface area is 228 Å². The van der Waals surface area contributed by atoms with Crippen LogP contribution in [0.1, 0.15) is 77.0 Å². The summed E-state index contributed by atoms with van der Waals surface area (Å²) in [6.45, 7) is 9.28. The van der Waals surface area contributed by atoms with E-state index in [0.717, 1.165) is 42.8 Å². The Morgan fingerprint density at radius 3 is 1.24 bits per heavy atom. The molecule has 0 aromatic rings. The van der Waals surface area contributed by atoms with E-state index in [1.165, 1.54) is 64.2 Å². The maximum absolute atomic E-state index is 12.2. The van der Waals surface area contributed by atoms with Crippen molar-refractivity contribution in [2.24, 2.45) is 17.8 Å². The van der Waals surface area contributed by atoms with E-state index in [9.17, 15) is 4.80 Å². The number of rotatable bonds is 13. The van der Waals surface area contributed by atoms with Crippen LogP contribution in [0.4, 0.5) is 0 Å². The summed E-state index contributed by atoms with van der Waals surface area (Å²) < 4.78 is 31.1. The van der Waals surface area contributed by atoms with Crippen molar-refractivity contribution in [1.29, 1.82) is 0 Å². The summed E-state index contributed by atoms with van der Waals surface area (Å²) in [5.74, 6) is 2.17. The third-order valence-electron chi connectivity index (χ3n) is 10.4. The predicted octanol–water partition coefficient (Wildman–Crippen LogP) is 6.23. The fraction of sp³-hybridized carbons (Fsp3) is 1.00. The molecule has 3 aliphatic carbocycles. The van der Waals surface area contributed by atoms with Gasteiger partial charge in [-0.3, -0.25) is 0 Å². The summed E-state index contributed by atoms with van der Waals surface area (Å²) in [7, 11) is -7.37. The van der Waals surface area contributed by atoms with Crippen molar-refractivity contribution in [2.45, 2.75) is 158 Å². The molecular formula is C28H52O6Si3. The van der Waals surface area contributed by atoms with Gasteiger partial charge in [0.15, 0.2) is 16.6 Å². The zero-order valence-electron chi connectivity index (χ0n) is 23.8. The van der Waals surface area contributed by atoms with Crippen LogP contribution in [0, 0.1) is 17.8 Å². The van der Waals surface area contributed by atoms with E-state index in [-0.39, 0.29) is 0 Å². The lowest BCUT2D eigenvalue weighted by molar-refractivity contribution is 0.229. The van der Waals surface area contributed by atoms with Gasteiger partial charge in [0.25, 0.3) is 0 Å². The minimum absolute atomic E-state index is 0.489. The molecule has 37 heavy (non-hydrogen) atoms. The minimum atomic E-state index is -3.26. The van der Waals surface area contributed by atoms with Crippen LogP contribution in [0.5, 0.6) is 0 Å². The summed E-state index contributed by atoms with van der Waals surface area (Å²) in [5.41, 5.74) is 0. The van der Waals surface area contributed by atoms with E-state index in [0.29, 0.717) is 42.5 Å². The molecular weight excluding hydrogens is 517 g/mol. The molecule has 1 N–H and O–H groups in total. The zero-order valence-corrected chi connectivity index (χ0v) is 26.8. The van der Waals surface area contributed by atoms with Crippen molar-refractivity contribution in [3.05, 3.63) is 0 Å². The second-order valence-corrected chi connectivity index (χ2v) is 26.3. The van der Waals surface area contributed by atoms with E-state index < -0.39 is 25.4 Å². The Kier molecular flexibility index (Phi) is 7.95. The van der Waals surface area contributed by atoms with Gasteiger partial charge in [-0.2, -0.15) is 0 Å². The average molecular weight is 569 g/mol. The van der Waals surface area contributed by atoms with Gasteiger partial charge >= 0.3 is 8.80 Å². The second kappa shape index (κ2) is 10.7. The van der Waals surface area contributed by atoms with Crippen molar-refractivity contribution in [3.8, 4) is 0 Å². The first-order valence-electron chi connectivity index (χ1n) is 15.6. The average Bonchev–Trinajstić information content (AvgIpc) is 3.71. The molecule has 0 radical (unpaired) electrons. The Bertz CT molecular complexity index is 765. The smallest absolute Gasteiger partial charge is 0.416 e. The highest BCUT2D eigenvalue weighted by Gasteiger charge is 2.50. The molecule has 3 aliphatic heterocycles. The van der Waals surface area contributed by atoms with E-state index in [1.54, 1.807) is 0 Å². The highest BCUT2D eigenvalue weighted by atomic mass is 28.5. The van der Waals surface area contributed by atoms with Crippen LogP contribution < -0.4 is 0 Å². The van der Waals surface area contributed by atoms with Gasteiger partial charge in [-0.1, -0.05) is 12.8 Å². The van der Waals surface area contributed by atoms with E-state index in [4.69, 9.17) is 22.4 Å². The van der Waals surface area contributed by atoms with Gasteiger partial charge < -0.3 is 27.2 Å². The Hall–Kier alpha value is 0.411. The van der Waals surface area contributed by atoms with Gasteiger partial charge in [0.2, 0.25) is 0 Å². The quantitative estimate of drug-likeness (QED) is 0.210. The Morgan fingerprint density at radius 1 is 0.541 bits per heavy atom. The van der Waals surface area contributed by atoms with E-state index in [1.807, 2.05) is 0 Å². The van der Waals surface area contributed by atoms with Crippen LogP contribution in [0.3, 0.4) is 0 Å². The van der Waals surface area contributed by atoms with E-state index >= 15 is 0 Å². The highest BCUT2D eigenvalue weighted by Crippen LogP contribution is 2.44. The van der Waals surface area contributed by atoms with Crippen LogP contribution >= 0.6 is 0 Å². The van der Waals surface area contributed by atoms with Gasteiger partial charge in [0.1, 0.15) is 0 Å². The zero-order chi connectivity index (χ0) is 25.8. The fourth-order valence-corrected chi connectivity index (χ4v) is 19.9. The Balaban J connectivity index is 1.04. The monoisotopic (exact) mass is 568 g/mol. The van der Waals surface area contributed by atoms with Crippen molar-refractivity contribution in [1.82, 2.24) is 0 Å². The molecule has 0 bridgehead atoms. The maximum Gasteiger partial charge on any atom is 0.477 e. The van der Waals surface area contributed by atoms with Crippen molar-refractivity contribution in [2.75, 3.05) is 0 Å². The van der Waals surface area contributed by atoms with Crippen molar-refractivity contribution >= 4 is 25.4 Å². The molecule has 6 fully saturated rings. The van der Waals surface area contributed by atoms with Gasteiger partial charge in [-0.25, -0.2) is 0 Å². The number of hydrogen-bond donors (Lipinski definition) is 1. The number of ether oxygens (including phenoxy) is 3. The fourth-order valence-electron chi connectivity index (χ4n) is 7.83. The minimum Gasteiger partial charge on any atom is -0.416 e. The molecule has 0 aromatic carbocycles. The largest absolute Gasteiger partial charge is 0.477 e. The van der Waals surface area contributed by atoms with Crippen molar-refractivity contribution < 1.29 is 27.2 Å². The maximum atomic E-state index is 12.2. The lowest BCUT2D eigenvalue weighted by Gasteiger charge is -2.40. The normalized spacial score (nSPS) is 42.2. The third-order valence-corrected chi connectivity index (χ3v) is 21.3. The molecule has 212 valence electrons. The molecule has 3 saturated carbocycles. The van der Waals surface area contributed by atoms with Crippen LogP contribution in [0.15, 0.2) is 0 Å². The van der Waals surface area contributed by atoms with Crippen LogP contribution in [0.25, 0.3) is 0 Å². The molecule has 0 aromatic heterocycles. The molecule has 0 spiro atoms. The SMILES string of the molecule is C[Si](C)(CCC1CCC2OC2C1)O[Si](O)(CCC1CCC2OC2C1)O[Si](C)(C)CCC1CCC2OC2C1. The first-order chi connectivity index (χ1) is 17.5. The molecule has 6 nitrogen and oxygen atoms in total. The van der Waals surface area contributed by atoms with Crippen molar-refractivity contribution in [3.63, 3.8) is 0 Å². The molecule has 6 aliphatic rings. The molecule has 3 heterocycles. The predicted molar refractivity (Wildman–Crippen MR) is 151 cm³/mol. The summed E-state index contributed by atoms with van der Waals surface area (Å²) in [5, 5.41) is 0. The molecule has 9 unspecified atom stereocenters. The van der Waals surface area contributed by atoms with Gasteiger partial charge in [0, 0.05) is 6.04 Å². The lowest BCUT2D eigenvalue weighted by Crippen LogP contribution is -2.56. The Morgan fingerprint density at radius 2 is 0.892 bits per heavy atom. The van der Waals surface area contributed by atoms with Crippen LogP contribution in [-0.2, 0) is 22.4 Å². The number of fused-ring (bicyclic) bond motifs is 3. The van der Waals surface area contributed by atoms with Gasteiger partial charge in [-0.05, 0) is 120 Å². The highest BCUT2D eigenvalue weighted by molar-refractivity contribution is 6.86. The third kappa shape index (κ3) is 7.58. The molecule has 0 amide bonds. The molecule has 9 atom stereocenters. The summed E-state index contributed by atoms with van der Waals surface area (Å²) >= 11 is 0.